The molecule has 1 aromatic carbocycles. The molecule has 1 unspecified atom stereocenters. The summed E-state index contributed by atoms with van der Waals surface area (Å²) in [6, 6.07) is 10.5. The van der Waals surface area contributed by atoms with E-state index >= 15 is 0 Å². The standard InChI is InChI=1S/C22H29N5O/c1-4-18-21(28)25(3)19-15-23-22(26(5-2)16-11-7-6-8-12-16)24-20(19)27(18)17-13-9-10-14-17/h6-8,11-12,15,17-18H,4-5,9-10,13-14H2,1-3H3. The van der Waals surface area contributed by atoms with Gasteiger partial charge in [0.25, 0.3) is 0 Å². The summed E-state index contributed by atoms with van der Waals surface area (Å²) in [4.78, 5) is 28.8. The van der Waals surface area contributed by atoms with Gasteiger partial charge in [0.05, 0.1) is 6.20 Å². The summed E-state index contributed by atoms with van der Waals surface area (Å²) in [6.45, 7) is 4.97. The predicted octanol–water partition coefficient (Wildman–Crippen LogP) is 4.14. The van der Waals surface area contributed by atoms with E-state index in [0.717, 1.165) is 43.0 Å². The average molecular weight is 380 g/mol. The highest BCUT2D eigenvalue weighted by molar-refractivity contribution is 6.04. The minimum Gasteiger partial charge on any atom is -0.340 e. The first-order chi connectivity index (χ1) is 13.7. The van der Waals surface area contributed by atoms with Gasteiger partial charge in [0.1, 0.15) is 11.7 Å². The topological polar surface area (TPSA) is 52.6 Å². The summed E-state index contributed by atoms with van der Waals surface area (Å²) < 4.78 is 0. The highest BCUT2D eigenvalue weighted by Crippen LogP contribution is 2.40. The van der Waals surface area contributed by atoms with Gasteiger partial charge in [-0.25, -0.2) is 4.98 Å². The van der Waals surface area contributed by atoms with Crippen LogP contribution in [-0.2, 0) is 4.79 Å². The van der Waals surface area contributed by atoms with Crippen molar-refractivity contribution in [3.63, 3.8) is 0 Å². The van der Waals surface area contributed by atoms with Crippen LogP contribution in [0.1, 0.15) is 46.0 Å². The zero-order chi connectivity index (χ0) is 19.7. The number of carbonyl (C=O) groups excluding carboxylic acids is 1. The summed E-state index contributed by atoms with van der Waals surface area (Å²) >= 11 is 0. The number of amides is 1. The Morgan fingerprint density at radius 2 is 1.86 bits per heavy atom. The van der Waals surface area contributed by atoms with E-state index in [4.69, 9.17) is 4.98 Å². The Balaban J connectivity index is 1.80. The highest BCUT2D eigenvalue weighted by atomic mass is 16.2. The second kappa shape index (κ2) is 7.78. The molecule has 0 spiro atoms. The van der Waals surface area contributed by atoms with Gasteiger partial charge in [-0.1, -0.05) is 38.0 Å². The summed E-state index contributed by atoms with van der Waals surface area (Å²) in [5.74, 6) is 1.74. The van der Waals surface area contributed by atoms with Gasteiger partial charge < -0.3 is 14.7 Å². The molecular weight excluding hydrogens is 350 g/mol. The maximum Gasteiger partial charge on any atom is 0.249 e. The van der Waals surface area contributed by atoms with Crippen LogP contribution < -0.4 is 14.7 Å². The van der Waals surface area contributed by atoms with Crippen molar-refractivity contribution >= 4 is 29.0 Å². The van der Waals surface area contributed by atoms with Crippen LogP contribution in [0.2, 0.25) is 0 Å². The summed E-state index contributed by atoms with van der Waals surface area (Å²) in [6.07, 6.45) is 7.30. The lowest BCUT2D eigenvalue weighted by Gasteiger charge is -2.43. The first kappa shape index (κ1) is 18.7. The first-order valence-corrected chi connectivity index (χ1v) is 10.4. The van der Waals surface area contributed by atoms with Gasteiger partial charge in [-0.05, 0) is 38.3 Å². The Morgan fingerprint density at radius 3 is 2.50 bits per heavy atom. The first-order valence-electron chi connectivity index (χ1n) is 10.4. The number of anilines is 4. The molecule has 4 rings (SSSR count). The molecule has 2 heterocycles. The molecule has 0 radical (unpaired) electrons. The third kappa shape index (κ3) is 3.11. The maximum absolute atomic E-state index is 13.0. The van der Waals surface area contributed by atoms with Crippen molar-refractivity contribution in [2.45, 2.75) is 58.0 Å². The van der Waals surface area contributed by atoms with Crippen LogP contribution in [0.15, 0.2) is 36.5 Å². The van der Waals surface area contributed by atoms with Crippen LogP contribution in [0, 0.1) is 0 Å². The average Bonchev–Trinajstić information content (AvgIpc) is 3.26. The number of fused-ring (bicyclic) bond motifs is 1. The molecule has 1 amide bonds. The number of rotatable bonds is 5. The number of hydrogen-bond acceptors (Lipinski definition) is 5. The fourth-order valence-corrected chi connectivity index (χ4v) is 4.55. The quantitative estimate of drug-likeness (QED) is 0.781. The maximum atomic E-state index is 13.0. The Morgan fingerprint density at radius 1 is 1.14 bits per heavy atom. The smallest absolute Gasteiger partial charge is 0.249 e. The SMILES string of the molecule is CCC1C(=O)N(C)c2cnc(N(CC)c3ccccc3)nc2N1C1CCCC1. The number of carbonyl (C=O) groups is 1. The number of nitrogens with zero attached hydrogens (tertiary/aromatic N) is 5. The van der Waals surface area contributed by atoms with Crippen molar-refractivity contribution in [1.29, 1.82) is 0 Å². The second-order valence-electron chi connectivity index (χ2n) is 7.63. The van der Waals surface area contributed by atoms with E-state index in [-0.39, 0.29) is 11.9 Å². The lowest BCUT2D eigenvalue weighted by molar-refractivity contribution is -0.120. The van der Waals surface area contributed by atoms with Gasteiger partial charge in [-0.2, -0.15) is 4.98 Å². The van der Waals surface area contributed by atoms with Crippen molar-refractivity contribution in [3.05, 3.63) is 36.5 Å². The number of likely N-dealkylation sites (N-methyl/N-ethyl adjacent to an activating group) is 1. The molecule has 2 aliphatic rings. The Labute approximate surface area is 167 Å². The molecular formula is C22H29N5O. The van der Waals surface area contributed by atoms with Gasteiger partial charge in [0, 0.05) is 25.3 Å². The van der Waals surface area contributed by atoms with E-state index in [9.17, 15) is 4.79 Å². The van der Waals surface area contributed by atoms with E-state index in [1.165, 1.54) is 12.8 Å². The minimum atomic E-state index is -0.143. The van der Waals surface area contributed by atoms with Crippen LogP contribution in [0.25, 0.3) is 0 Å². The molecule has 1 aromatic heterocycles. The van der Waals surface area contributed by atoms with Crippen molar-refractivity contribution in [2.24, 2.45) is 0 Å². The van der Waals surface area contributed by atoms with Crippen molar-refractivity contribution in [3.8, 4) is 0 Å². The second-order valence-corrected chi connectivity index (χ2v) is 7.63. The largest absolute Gasteiger partial charge is 0.340 e. The van der Waals surface area contributed by atoms with E-state index in [2.05, 4.69) is 40.8 Å². The number of benzene rings is 1. The zero-order valence-electron chi connectivity index (χ0n) is 17.0. The number of aromatic nitrogens is 2. The summed E-state index contributed by atoms with van der Waals surface area (Å²) in [7, 11) is 1.84. The predicted molar refractivity (Wildman–Crippen MR) is 113 cm³/mol. The Hall–Kier alpha value is -2.63. The zero-order valence-corrected chi connectivity index (χ0v) is 17.0. The fourth-order valence-electron chi connectivity index (χ4n) is 4.55. The molecule has 1 saturated carbocycles. The summed E-state index contributed by atoms with van der Waals surface area (Å²) in [5, 5.41) is 0. The monoisotopic (exact) mass is 379 g/mol. The molecule has 148 valence electrons. The van der Waals surface area contributed by atoms with Crippen LogP contribution in [0.5, 0.6) is 0 Å². The van der Waals surface area contributed by atoms with E-state index in [1.807, 2.05) is 31.4 Å². The third-order valence-electron chi connectivity index (χ3n) is 6.02. The Bertz CT molecular complexity index is 834. The number of hydrogen-bond donors (Lipinski definition) is 0. The van der Waals surface area contributed by atoms with Crippen LogP contribution in [0.3, 0.4) is 0 Å². The van der Waals surface area contributed by atoms with E-state index in [1.54, 1.807) is 4.90 Å². The minimum absolute atomic E-state index is 0.143. The van der Waals surface area contributed by atoms with Crippen LogP contribution >= 0.6 is 0 Å². The normalized spacial score (nSPS) is 19.8. The highest BCUT2D eigenvalue weighted by Gasteiger charge is 2.41. The van der Waals surface area contributed by atoms with Crippen LogP contribution in [0.4, 0.5) is 23.1 Å². The molecule has 1 fully saturated rings. The van der Waals surface area contributed by atoms with Gasteiger partial charge in [-0.15, -0.1) is 0 Å². The lowest BCUT2D eigenvalue weighted by atomic mass is 10.0. The molecule has 0 N–H and O–H groups in total. The van der Waals surface area contributed by atoms with E-state index < -0.39 is 0 Å². The van der Waals surface area contributed by atoms with E-state index in [0.29, 0.717) is 12.0 Å². The third-order valence-corrected chi connectivity index (χ3v) is 6.02. The molecule has 0 bridgehead atoms. The molecule has 1 aliphatic heterocycles. The molecule has 28 heavy (non-hydrogen) atoms. The van der Waals surface area contributed by atoms with Gasteiger partial charge in [0.2, 0.25) is 11.9 Å². The molecule has 1 atom stereocenters. The molecule has 0 saturated heterocycles. The summed E-state index contributed by atoms with van der Waals surface area (Å²) in [5.41, 5.74) is 1.89. The van der Waals surface area contributed by atoms with Gasteiger partial charge >= 0.3 is 0 Å². The number of para-hydroxylation sites is 1. The van der Waals surface area contributed by atoms with Crippen molar-refractivity contribution < 1.29 is 4.79 Å². The molecule has 6 heteroatoms. The fraction of sp³-hybridized carbons (Fsp3) is 0.500. The molecule has 2 aromatic rings. The van der Waals surface area contributed by atoms with Crippen molar-refractivity contribution in [2.75, 3.05) is 28.3 Å². The molecule has 6 nitrogen and oxygen atoms in total. The van der Waals surface area contributed by atoms with Gasteiger partial charge in [0.15, 0.2) is 5.82 Å². The molecule has 1 aliphatic carbocycles. The van der Waals surface area contributed by atoms with Crippen molar-refractivity contribution in [1.82, 2.24) is 9.97 Å². The van der Waals surface area contributed by atoms with Crippen LogP contribution in [-0.4, -0.2) is 41.6 Å². The Kier molecular flexibility index (Phi) is 5.20. The lowest BCUT2D eigenvalue weighted by Crippen LogP contribution is -2.55. The van der Waals surface area contributed by atoms with Gasteiger partial charge in [-0.3, -0.25) is 4.79 Å².